The number of benzene rings is 1. The van der Waals surface area contributed by atoms with Crippen molar-refractivity contribution in [1.82, 2.24) is 4.72 Å². The third kappa shape index (κ3) is 6.04. The topological polar surface area (TPSA) is 191 Å². The molecule has 3 atom stereocenters. The van der Waals surface area contributed by atoms with Crippen molar-refractivity contribution in [3.8, 4) is 5.75 Å². The average Bonchev–Trinajstić information content (AvgIpc) is 3.10. The number of nitrogens with zero attached hydrogens (tertiary/aromatic N) is 1. The van der Waals surface area contributed by atoms with E-state index in [1.807, 2.05) is 13.8 Å². The predicted molar refractivity (Wildman–Crippen MR) is 133 cm³/mol. The fourth-order valence-corrected chi connectivity index (χ4v) is 7.47. The van der Waals surface area contributed by atoms with Crippen molar-refractivity contribution in [2.75, 3.05) is 12.4 Å². The molecule has 2 unspecified atom stereocenters. The van der Waals surface area contributed by atoms with E-state index in [2.05, 4.69) is 9.71 Å². The van der Waals surface area contributed by atoms with Gasteiger partial charge in [0.05, 0.1) is 12.4 Å². The summed E-state index contributed by atoms with van der Waals surface area (Å²) < 4.78 is 33.9. The number of carboxylic acid groups (broad SMARTS) is 1. The molecule has 11 nitrogen and oxygen atoms in total. The van der Waals surface area contributed by atoms with Gasteiger partial charge in [0.1, 0.15) is 17.6 Å². The molecule has 0 saturated heterocycles. The van der Waals surface area contributed by atoms with Crippen LogP contribution in [0.15, 0.2) is 29.3 Å². The zero-order valence-electron chi connectivity index (χ0n) is 20.5. The second kappa shape index (κ2) is 10.6. The number of carbonyl (C=O) groups excluding carboxylic acids is 2. The number of amides is 1. The number of rotatable bonds is 12. The second-order valence-corrected chi connectivity index (χ2v) is 11.9. The number of nitrogens with one attached hydrogen (secondary N) is 1. The third-order valence-electron chi connectivity index (χ3n) is 7.62. The lowest BCUT2D eigenvalue weighted by Gasteiger charge is -2.36. The molecule has 3 rings (SSSR count). The number of hydrogen-bond acceptors (Lipinski definition) is 6. The molecule has 1 aromatic rings. The van der Waals surface area contributed by atoms with Crippen LogP contribution in [0.25, 0.3) is 0 Å². The lowest BCUT2D eigenvalue weighted by molar-refractivity contribution is -0.139. The van der Waals surface area contributed by atoms with Crippen LogP contribution in [0.1, 0.15) is 51.5 Å². The molecule has 1 amide bonds. The summed E-state index contributed by atoms with van der Waals surface area (Å²) in [7, 11) is -4.04. The van der Waals surface area contributed by atoms with Gasteiger partial charge in [-0.15, -0.1) is 0 Å². The quantitative estimate of drug-likeness (QED) is 0.176. The summed E-state index contributed by atoms with van der Waals surface area (Å²) in [6, 6.07) is 5.19. The molecule has 12 heteroatoms. The number of ketones is 1. The Morgan fingerprint density at radius 1 is 1.25 bits per heavy atom. The standard InChI is InChI=1S/C24H34N4O7S/c1-23(2)16-9-10-24(23,19(29)13-16)14-36(33,34)28-18(21(31)32)12-15-5-7-17(8-6-15)35-11-3-4-20(30)27-22(25)26/h5-8,16,18,28H,3-4,9-14H2,1-2H3,(H,31,32)(H4,25,26,27,30)/t16?,18-,24?/m0/s1. The molecule has 2 fully saturated rings. The SMILES string of the molecule is CC1(C)C2CCC1(CS(=O)(=O)N[C@@H](Cc1ccc(OCCCC(=O)N=C(N)N)cc1)C(=O)O)C(=O)C2. The molecule has 36 heavy (non-hydrogen) atoms. The maximum Gasteiger partial charge on any atom is 0.322 e. The van der Waals surface area contributed by atoms with Crippen molar-refractivity contribution in [1.29, 1.82) is 0 Å². The number of carboxylic acids is 1. The van der Waals surface area contributed by atoms with Gasteiger partial charge < -0.3 is 21.3 Å². The molecule has 198 valence electrons. The van der Waals surface area contributed by atoms with Crippen LogP contribution in [-0.2, 0) is 30.8 Å². The predicted octanol–water partition coefficient (Wildman–Crippen LogP) is 0.956. The number of aliphatic carboxylic acids is 1. The van der Waals surface area contributed by atoms with E-state index in [1.165, 1.54) is 0 Å². The van der Waals surface area contributed by atoms with Crippen molar-refractivity contribution < 1.29 is 32.6 Å². The maximum absolute atomic E-state index is 13.0. The molecule has 0 aromatic heterocycles. The second-order valence-electron chi connectivity index (χ2n) is 10.2. The number of guanidine groups is 1. The summed E-state index contributed by atoms with van der Waals surface area (Å²) in [5.41, 5.74) is 9.47. The van der Waals surface area contributed by atoms with Gasteiger partial charge in [-0.3, -0.25) is 14.4 Å². The van der Waals surface area contributed by atoms with E-state index in [0.717, 1.165) is 6.42 Å². The Hall–Kier alpha value is -2.99. The minimum atomic E-state index is -4.04. The Kier molecular flexibility index (Phi) is 8.09. The van der Waals surface area contributed by atoms with E-state index < -0.39 is 44.5 Å². The van der Waals surface area contributed by atoms with Crippen molar-refractivity contribution in [2.45, 2.75) is 58.4 Å². The van der Waals surface area contributed by atoms with E-state index in [1.54, 1.807) is 24.3 Å². The largest absolute Gasteiger partial charge is 0.494 e. The molecular weight excluding hydrogens is 488 g/mol. The highest BCUT2D eigenvalue weighted by Gasteiger charge is 2.65. The molecule has 0 radical (unpaired) electrons. The van der Waals surface area contributed by atoms with Crippen LogP contribution >= 0.6 is 0 Å². The van der Waals surface area contributed by atoms with Crippen LogP contribution in [0.3, 0.4) is 0 Å². The summed E-state index contributed by atoms with van der Waals surface area (Å²) in [6.45, 7) is 4.12. The number of Topliss-reactive ketones (excluding diaryl/α,β-unsaturated/α-hetero) is 1. The van der Waals surface area contributed by atoms with E-state index >= 15 is 0 Å². The lowest BCUT2D eigenvalue weighted by Crippen LogP contribution is -2.49. The normalized spacial score (nSPS) is 23.3. The first-order chi connectivity index (χ1) is 16.8. The zero-order chi connectivity index (χ0) is 26.7. The Labute approximate surface area is 210 Å². The van der Waals surface area contributed by atoms with E-state index in [4.69, 9.17) is 16.2 Å². The Balaban J connectivity index is 1.57. The summed E-state index contributed by atoms with van der Waals surface area (Å²) in [6.07, 6.45) is 2.15. The van der Waals surface area contributed by atoms with Gasteiger partial charge in [-0.05, 0) is 54.7 Å². The van der Waals surface area contributed by atoms with Crippen LogP contribution in [0.2, 0.25) is 0 Å². The van der Waals surface area contributed by atoms with Gasteiger partial charge in [-0.1, -0.05) is 26.0 Å². The first kappa shape index (κ1) is 27.6. The Bertz CT molecular complexity index is 1140. The van der Waals surface area contributed by atoms with Gasteiger partial charge in [0.15, 0.2) is 5.96 Å². The number of fused-ring (bicyclic) bond motifs is 2. The van der Waals surface area contributed by atoms with E-state index in [9.17, 15) is 27.9 Å². The molecule has 2 aliphatic carbocycles. The van der Waals surface area contributed by atoms with Gasteiger partial charge in [-0.25, -0.2) is 13.1 Å². The van der Waals surface area contributed by atoms with Crippen LogP contribution in [0, 0.1) is 16.7 Å². The number of carbonyl (C=O) groups is 3. The number of sulfonamides is 1. The first-order valence-electron chi connectivity index (χ1n) is 11.9. The molecule has 2 bridgehead atoms. The summed E-state index contributed by atoms with van der Waals surface area (Å²) in [5.74, 6) is -1.80. The number of hydrogen-bond donors (Lipinski definition) is 4. The fourth-order valence-electron chi connectivity index (χ4n) is 5.44. The van der Waals surface area contributed by atoms with Crippen molar-refractivity contribution in [2.24, 2.45) is 33.2 Å². The van der Waals surface area contributed by atoms with E-state index in [0.29, 0.717) is 30.6 Å². The molecule has 6 N–H and O–H groups in total. The number of nitrogens with two attached hydrogens (primary N) is 2. The Morgan fingerprint density at radius 2 is 1.92 bits per heavy atom. The molecule has 0 aliphatic heterocycles. The number of aliphatic imine (C=N–C) groups is 1. The summed E-state index contributed by atoms with van der Waals surface area (Å²) in [4.78, 5) is 39.4. The molecular formula is C24H34N4O7S. The van der Waals surface area contributed by atoms with Crippen molar-refractivity contribution >= 4 is 33.6 Å². The van der Waals surface area contributed by atoms with Crippen molar-refractivity contribution in [3.05, 3.63) is 29.8 Å². The van der Waals surface area contributed by atoms with Gasteiger partial charge >= 0.3 is 5.97 Å². The fraction of sp³-hybridized carbons (Fsp3) is 0.583. The van der Waals surface area contributed by atoms with Crippen LogP contribution in [0.4, 0.5) is 0 Å². The first-order valence-corrected chi connectivity index (χ1v) is 13.5. The van der Waals surface area contributed by atoms with Gasteiger partial charge in [0, 0.05) is 18.3 Å². The molecule has 0 heterocycles. The molecule has 1 aromatic carbocycles. The monoisotopic (exact) mass is 522 g/mol. The molecule has 2 aliphatic rings. The van der Waals surface area contributed by atoms with Crippen LogP contribution in [0.5, 0.6) is 5.75 Å². The Morgan fingerprint density at radius 3 is 2.44 bits per heavy atom. The third-order valence-corrected chi connectivity index (χ3v) is 9.13. The highest BCUT2D eigenvalue weighted by atomic mass is 32.2. The minimum Gasteiger partial charge on any atom is -0.494 e. The summed E-state index contributed by atoms with van der Waals surface area (Å²) in [5, 5.41) is 9.67. The van der Waals surface area contributed by atoms with Crippen LogP contribution < -0.4 is 20.9 Å². The van der Waals surface area contributed by atoms with Gasteiger partial charge in [0.25, 0.3) is 0 Å². The zero-order valence-corrected chi connectivity index (χ0v) is 21.3. The smallest absolute Gasteiger partial charge is 0.322 e. The lowest BCUT2D eigenvalue weighted by atomic mass is 9.70. The highest BCUT2D eigenvalue weighted by Crippen LogP contribution is 2.64. The summed E-state index contributed by atoms with van der Waals surface area (Å²) >= 11 is 0. The van der Waals surface area contributed by atoms with Crippen LogP contribution in [-0.4, -0.2) is 55.5 Å². The average molecular weight is 523 g/mol. The van der Waals surface area contributed by atoms with E-state index in [-0.39, 0.29) is 37.1 Å². The maximum atomic E-state index is 13.0. The molecule has 0 spiro atoms. The minimum absolute atomic E-state index is 0.0443. The van der Waals surface area contributed by atoms with Gasteiger partial charge in [0.2, 0.25) is 15.9 Å². The van der Waals surface area contributed by atoms with Gasteiger partial charge in [-0.2, -0.15) is 4.99 Å². The van der Waals surface area contributed by atoms with Crippen molar-refractivity contribution in [3.63, 3.8) is 0 Å². The highest BCUT2D eigenvalue weighted by molar-refractivity contribution is 7.89. The number of ether oxygens (including phenoxy) is 1. The molecule has 2 saturated carbocycles.